The third-order valence-electron chi connectivity index (χ3n) is 6.56. The summed E-state index contributed by atoms with van der Waals surface area (Å²) in [5.41, 5.74) is 0.0860. The molecule has 2 unspecified atom stereocenters. The summed E-state index contributed by atoms with van der Waals surface area (Å²) in [7, 11) is 0. The Hall–Kier alpha value is -2.64. The number of hydrogen-bond donors (Lipinski definition) is 1. The molecule has 1 aliphatic heterocycles. The van der Waals surface area contributed by atoms with Crippen molar-refractivity contribution in [1.82, 2.24) is 4.90 Å². The number of piperidine rings is 1. The fraction of sp³-hybridized carbons (Fsp3) is 0.500. The first-order valence-electron chi connectivity index (χ1n) is 12.4. The molecule has 2 aromatic carbocycles. The largest absolute Gasteiger partial charge is 0.490 e. The van der Waals surface area contributed by atoms with E-state index in [1.165, 1.54) is 4.90 Å². The van der Waals surface area contributed by atoms with Crippen molar-refractivity contribution in [2.45, 2.75) is 59.0 Å². The first-order chi connectivity index (χ1) is 17.4. The second kappa shape index (κ2) is 11.8. The van der Waals surface area contributed by atoms with Crippen LogP contribution >= 0.6 is 23.2 Å². The summed E-state index contributed by atoms with van der Waals surface area (Å²) in [5, 5.41) is 11.2. The number of carbonyl (C=O) groups excluding carboxylic acids is 1. The van der Waals surface area contributed by atoms with Crippen LogP contribution in [-0.4, -0.2) is 54.0 Å². The molecule has 1 amide bonds. The average molecular weight is 552 g/mol. The Labute approximate surface area is 228 Å². The molecule has 2 aromatic rings. The van der Waals surface area contributed by atoms with Crippen LogP contribution in [-0.2, 0) is 9.53 Å². The minimum atomic E-state index is -1.11. The zero-order valence-electron chi connectivity index (χ0n) is 22.0. The predicted molar refractivity (Wildman–Crippen MR) is 144 cm³/mol. The molecule has 0 aromatic heterocycles. The number of rotatable bonds is 8. The fourth-order valence-electron chi connectivity index (χ4n) is 4.71. The van der Waals surface area contributed by atoms with Gasteiger partial charge in [-0.05, 0) is 75.9 Å². The summed E-state index contributed by atoms with van der Waals surface area (Å²) in [6.07, 6.45) is 0.418. The molecule has 0 saturated carbocycles. The first-order valence-corrected chi connectivity index (χ1v) is 13.1. The molecule has 1 saturated heterocycles. The standard InChI is InChI=1S/C28H35Cl2NO6/c1-6-28(25(32)33)17-31(26(34)37-27(3,4)5)12-11-21(28)19-7-9-20(10-8-19)35-13-14-36-24-22(29)15-18(2)16-23(24)30/h7-10,15-16,21H,6,11-14,17H2,1-5H3,(H,32,33). The van der Waals surface area contributed by atoms with Gasteiger partial charge >= 0.3 is 12.1 Å². The van der Waals surface area contributed by atoms with Crippen molar-refractivity contribution in [3.05, 3.63) is 57.6 Å². The number of aryl methyl sites for hydroxylation is 1. The van der Waals surface area contributed by atoms with Gasteiger partial charge in [0.25, 0.3) is 0 Å². The third-order valence-corrected chi connectivity index (χ3v) is 7.12. The highest BCUT2D eigenvalue weighted by Crippen LogP contribution is 2.46. The van der Waals surface area contributed by atoms with Crippen molar-refractivity contribution in [2.75, 3.05) is 26.3 Å². The Morgan fingerprint density at radius 3 is 2.22 bits per heavy atom. The number of carboxylic acid groups (broad SMARTS) is 1. The number of benzene rings is 2. The molecule has 1 fully saturated rings. The Balaban J connectivity index is 1.65. The molecule has 1 N–H and O–H groups in total. The van der Waals surface area contributed by atoms with E-state index in [4.69, 9.17) is 37.4 Å². The SMILES string of the molecule is CCC1(C(=O)O)CN(C(=O)OC(C)(C)C)CCC1c1ccc(OCCOc2c(Cl)cc(C)cc2Cl)cc1. The van der Waals surface area contributed by atoms with Crippen LogP contribution in [0.4, 0.5) is 4.79 Å². The third kappa shape index (κ3) is 7.02. The second-order valence-corrected chi connectivity index (χ2v) is 11.2. The van der Waals surface area contributed by atoms with E-state index in [1.807, 2.05) is 38.1 Å². The molecule has 1 heterocycles. The minimum absolute atomic E-state index is 0.0954. The predicted octanol–water partition coefficient (Wildman–Crippen LogP) is 6.97. The lowest BCUT2D eigenvalue weighted by atomic mass is 9.66. The van der Waals surface area contributed by atoms with Crippen molar-refractivity contribution >= 4 is 35.3 Å². The number of carboxylic acids is 1. The van der Waals surface area contributed by atoms with Gasteiger partial charge in [-0.15, -0.1) is 0 Å². The van der Waals surface area contributed by atoms with E-state index in [-0.39, 0.29) is 25.7 Å². The van der Waals surface area contributed by atoms with Gasteiger partial charge in [0.1, 0.15) is 24.6 Å². The van der Waals surface area contributed by atoms with Crippen molar-refractivity contribution in [3.8, 4) is 11.5 Å². The summed E-state index contributed by atoms with van der Waals surface area (Å²) < 4.78 is 17.0. The molecule has 2 atom stereocenters. The van der Waals surface area contributed by atoms with Gasteiger partial charge in [-0.1, -0.05) is 42.3 Å². The summed E-state index contributed by atoms with van der Waals surface area (Å²) >= 11 is 12.4. The van der Waals surface area contributed by atoms with E-state index >= 15 is 0 Å². The number of carbonyl (C=O) groups is 2. The minimum Gasteiger partial charge on any atom is -0.490 e. The zero-order valence-corrected chi connectivity index (χ0v) is 23.5. The van der Waals surface area contributed by atoms with E-state index < -0.39 is 23.1 Å². The lowest BCUT2D eigenvalue weighted by Crippen LogP contribution is -2.54. The average Bonchev–Trinajstić information content (AvgIpc) is 2.81. The summed E-state index contributed by atoms with van der Waals surface area (Å²) in [5.74, 6) is -0.108. The van der Waals surface area contributed by atoms with Crippen LogP contribution in [0.3, 0.4) is 0 Å². The van der Waals surface area contributed by atoms with Crippen molar-refractivity contribution in [3.63, 3.8) is 0 Å². The maximum absolute atomic E-state index is 12.7. The number of hydrogen-bond acceptors (Lipinski definition) is 5. The van der Waals surface area contributed by atoms with E-state index in [1.54, 1.807) is 32.9 Å². The molecule has 202 valence electrons. The molecule has 9 heteroatoms. The normalized spacial score (nSPS) is 19.9. The van der Waals surface area contributed by atoms with Gasteiger partial charge in [0.05, 0.1) is 15.5 Å². The van der Waals surface area contributed by atoms with Gasteiger partial charge in [-0.25, -0.2) is 4.79 Å². The number of aliphatic carboxylic acids is 1. The monoisotopic (exact) mass is 551 g/mol. The van der Waals surface area contributed by atoms with Gasteiger partial charge in [0, 0.05) is 19.0 Å². The zero-order chi connectivity index (χ0) is 27.4. The molecule has 0 aliphatic carbocycles. The number of ether oxygens (including phenoxy) is 3. The van der Waals surface area contributed by atoms with Crippen molar-refractivity contribution in [1.29, 1.82) is 0 Å². The van der Waals surface area contributed by atoms with Crippen molar-refractivity contribution < 1.29 is 28.9 Å². The fourth-order valence-corrected chi connectivity index (χ4v) is 5.41. The Morgan fingerprint density at radius 1 is 1.08 bits per heavy atom. The van der Waals surface area contributed by atoms with E-state index in [2.05, 4.69) is 0 Å². The van der Waals surface area contributed by atoms with Crippen LogP contribution in [0, 0.1) is 12.3 Å². The molecule has 0 spiro atoms. The summed E-state index contributed by atoms with van der Waals surface area (Å²) in [6.45, 7) is 10.2. The molecule has 7 nitrogen and oxygen atoms in total. The smallest absolute Gasteiger partial charge is 0.410 e. The second-order valence-electron chi connectivity index (χ2n) is 10.4. The molecule has 37 heavy (non-hydrogen) atoms. The lowest BCUT2D eigenvalue weighted by Gasteiger charge is -2.45. The highest BCUT2D eigenvalue weighted by molar-refractivity contribution is 6.37. The van der Waals surface area contributed by atoms with Crippen LogP contribution in [0.5, 0.6) is 11.5 Å². The highest BCUT2D eigenvalue weighted by atomic mass is 35.5. The molecule has 3 rings (SSSR count). The van der Waals surface area contributed by atoms with E-state index in [0.717, 1.165) is 11.1 Å². The first kappa shape index (κ1) is 28.9. The maximum Gasteiger partial charge on any atom is 0.410 e. The van der Waals surface area contributed by atoms with Crippen LogP contribution in [0.2, 0.25) is 10.0 Å². The van der Waals surface area contributed by atoms with Gasteiger partial charge < -0.3 is 24.2 Å². The van der Waals surface area contributed by atoms with Gasteiger partial charge in [0.15, 0.2) is 5.75 Å². The molecular formula is C28H35Cl2NO6. The van der Waals surface area contributed by atoms with Gasteiger partial charge in [-0.2, -0.15) is 0 Å². The molecule has 0 bridgehead atoms. The van der Waals surface area contributed by atoms with E-state index in [0.29, 0.717) is 40.9 Å². The number of likely N-dealkylation sites (tertiary alicyclic amines) is 1. The highest BCUT2D eigenvalue weighted by Gasteiger charge is 2.50. The molecular weight excluding hydrogens is 517 g/mol. The Kier molecular flexibility index (Phi) is 9.24. The van der Waals surface area contributed by atoms with Gasteiger partial charge in [0.2, 0.25) is 0 Å². The quantitative estimate of drug-likeness (QED) is 0.356. The van der Waals surface area contributed by atoms with Crippen LogP contribution in [0.1, 0.15) is 57.6 Å². The van der Waals surface area contributed by atoms with Crippen molar-refractivity contribution in [2.24, 2.45) is 5.41 Å². The number of halogens is 2. The lowest BCUT2D eigenvalue weighted by molar-refractivity contribution is -0.154. The topological polar surface area (TPSA) is 85.3 Å². The summed E-state index contributed by atoms with van der Waals surface area (Å²) in [4.78, 5) is 26.7. The Morgan fingerprint density at radius 2 is 1.68 bits per heavy atom. The molecule has 1 aliphatic rings. The number of amides is 1. The van der Waals surface area contributed by atoms with Crippen LogP contribution in [0.15, 0.2) is 36.4 Å². The summed E-state index contributed by atoms with van der Waals surface area (Å²) in [6, 6.07) is 11.0. The van der Waals surface area contributed by atoms with Crippen LogP contribution < -0.4 is 9.47 Å². The van der Waals surface area contributed by atoms with E-state index in [9.17, 15) is 14.7 Å². The Bertz CT molecular complexity index is 1090. The number of nitrogens with zero attached hydrogens (tertiary/aromatic N) is 1. The maximum atomic E-state index is 12.7. The molecule has 0 radical (unpaired) electrons. The van der Waals surface area contributed by atoms with Gasteiger partial charge in [-0.3, -0.25) is 4.79 Å². The van der Waals surface area contributed by atoms with Crippen LogP contribution in [0.25, 0.3) is 0 Å².